The molecule has 0 radical (unpaired) electrons. The number of rotatable bonds is 4. The van der Waals surface area contributed by atoms with Gasteiger partial charge in [-0.1, -0.05) is 36.2 Å². The summed E-state index contributed by atoms with van der Waals surface area (Å²) in [6.45, 7) is 1.98. The van der Waals surface area contributed by atoms with Gasteiger partial charge in [0.05, 0.1) is 5.92 Å². The van der Waals surface area contributed by atoms with Crippen LogP contribution in [-0.4, -0.2) is 23.0 Å². The highest BCUT2D eigenvalue weighted by molar-refractivity contribution is 5.83. The molecule has 1 aliphatic rings. The van der Waals surface area contributed by atoms with Crippen LogP contribution in [0.15, 0.2) is 24.3 Å². The number of carboxylic acid groups (broad SMARTS) is 1. The first-order valence-corrected chi connectivity index (χ1v) is 7.32. The molecule has 1 aromatic rings. The molecule has 0 spiro atoms. The van der Waals surface area contributed by atoms with Crippen molar-refractivity contribution in [1.82, 2.24) is 5.32 Å². The van der Waals surface area contributed by atoms with Gasteiger partial charge in [0.2, 0.25) is 5.91 Å². The van der Waals surface area contributed by atoms with Gasteiger partial charge in [0.15, 0.2) is 0 Å². The number of carbonyl (C=O) groups excluding carboxylic acids is 1. The molecule has 3 atom stereocenters. The summed E-state index contributed by atoms with van der Waals surface area (Å²) in [6, 6.07) is 6.73. The van der Waals surface area contributed by atoms with Crippen molar-refractivity contribution in [2.45, 2.75) is 44.7 Å². The molecule has 0 bridgehead atoms. The molecule has 1 amide bonds. The number of nitrogens with two attached hydrogens (primary N) is 1. The van der Waals surface area contributed by atoms with E-state index in [1.165, 1.54) is 0 Å². The van der Waals surface area contributed by atoms with Crippen LogP contribution >= 0.6 is 0 Å². The van der Waals surface area contributed by atoms with Crippen LogP contribution in [0.2, 0.25) is 0 Å². The molecular formula is C16H22N2O3. The second-order valence-electron chi connectivity index (χ2n) is 5.80. The molecule has 4 N–H and O–H groups in total. The summed E-state index contributed by atoms with van der Waals surface area (Å²) in [5, 5.41) is 12.0. The standard InChI is InChI=1S/C16H22N2O3/c1-10-5-7-11(8-6-10)14(17)15(19)18-13-4-2-3-12(9-13)16(20)21/h5-8,12-14H,2-4,9,17H2,1H3,(H,18,19)(H,20,21). The molecular weight excluding hydrogens is 268 g/mol. The van der Waals surface area contributed by atoms with E-state index in [4.69, 9.17) is 10.8 Å². The Morgan fingerprint density at radius 3 is 2.57 bits per heavy atom. The normalized spacial score (nSPS) is 23.3. The van der Waals surface area contributed by atoms with E-state index in [0.29, 0.717) is 12.8 Å². The number of nitrogens with one attached hydrogen (secondary N) is 1. The van der Waals surface area contributed by atoms with Gasteiger partial charge in [-0.15, -0.1) is 0 Å². The van der Waals surface area contributed by atoms with Gasteiger partial charge in [-0.2, -0.15) is 0 Å². The summed E-state index contributed by atoms with van der Waals surface area (Å²) in [4.78, 5) is 23.2. The number of aryl methyl sites for hydroxylation is 1. The van der Waals surface area contributed by atoms with Crippen LogP contribution in [-0.2, 0) is 9.59 Å². The van der Waals surface area contributed by atoms with Gasteiger partial charge in [-0.25, -0.2) is 0 Å². The number of carbonyl (C=O) groups is 2. The number of aliphatic carboxylic acids is 1. The Morgan fingerprint density at radius 2 is 1.95 bits per heavy atom. The summed E-state index contributed by atoms with van der Waals surface area (Å²) in [5.74, 6) is -1.38. The zero-order valence-corrected chi connectivity index (χ0v) is 12.2. The van der Waals surface area contributed by atoms with Crippen molar-refractivity contribution in [3.05, 3.63) is 35.4 Å². The second kappa shape index (κ2) is 6.72. The summed E-state index contributed by atoms with van der Waals surface area (Å²) in [6.07, 6.45) is 2.81. The largest absolute Gasteiger partial charge is 0.481 e. The SMILES string of the molecule is Cc1ccc(C(N)C(=O)NC2CCCC(C(=O)O)C2)cc1. The van der Waals surface area contributed by atoms with E-state index in [-0.39, 0.29) is 17.9 Å². The number of carboxylic acids is 1. The van der Waals surface area contributed by atoms with Gasteiger partial charge in [0.25, 0.3) is 0 Å². The average molecular weight is 290 g/mol. The zero-order chi connectivity index (χ0) is 15.4. The van der Waals surface area contributed by atoms with Gasteiger partial charge < -0.3 is 16.2 Å². The lowest BCUT2D eigenvalue weighted by Gasteiger charge is -2.28. The van der Waals surface area contributed by atoms with E-state index >= 15 is 0 Å². The first-order chi connectivity index (χ1) is 9.97. The molecule has 5 heteroatoms. The molecule has 1 saturated carbocycles. The van der Waals surface area contributed by atoms with Gasteiger partial charge >= 0.3 is 5.97 Å². The van der Waals surface area contributed by atoms with Crippen molar-refractivity contribution in [3.63, 3.8) is 0 Å². The topological polar surface area (TPSA) is 92.4 Å². The highest BCUT2D eigenvalue weighted by atomic mass is 16.4. The maximum Gasteiger partial charge on any atom is 0.306 e. The van der Waals surface area contributed by atoms with E-state index in [1.54, 1.807) is 0 Å². The molecule has 1 fully saturated rings. The molecule has 1 aromatic carbocycles. The smallest absolute Gasteiger partial charge is 0.306 e. The van der Waals surface area contributed by atoms with Crippen LogP contribution in [0, 0.1) is 12.8 Å². The first kappa shape index (κ1) is 15.5. The Morgan fingerprint density at radius 1 is 1.29 bits per heavy atom. The van der Waals surface area contributed by atoms with Crippen molar-refractivity contribution >= 4 is 11.9 Å². The molecule has 0 aromatic heterocycles. The minimum absolute atomic E-state index is 0.0937. The van der Waals surface area contributed by atoms with Crippen LogP contribution in [0.1, 0.15) is 42.9 Å². The van der Waals surface area contributed by atoms with Crippen LogP contribution in [0.4, 0.5) is 0 Å². The molecule has 0 saturated heterocycles. The summed E-state index contributed by atoms with van der Waals surface area (Å²) in [7, 11) is 0. The van der Waals surface area contributed by atoms with Crippen molar-refractivity contribution in [1.29, 1.82) is 0 Å². The fraction of sp³-hybridized carbons (Fsp3) is 0.500. The van der Waals surface area contributed by atoms with Crippen LogP contribution in [0.3, 0.4) is 0 Å². The number of benzene rings is 1. The fourth-order valence-electron chi connectivity index (χ4n) is 2.76. The minimum atomic E-state index is -0.781. The van der Waals surface area contributed by atoms with Gasteiger partial charge in [-0.05, 0) is 31.7 Å². The molecule has 5 nitrogen and oxygen atoms in total. The Hall–Kier alpha value is -1.88. The van der Waals surface area contributed by atoms with Gasteiger partial charge in [-0.3, -0.25) is 9.59 Å². The number of hydrogen-bond donors (Lipinski definition) is 3. The van der Waals surface area contributed by atoms with E-state index in [0.717, 1.165) is 24.0 Å². The maximum atomic E-state index is 12.2. The van der Waals surface area contributed by atoms with E-state index in [9.17, 15) is 9.59 Å². The predicted molar refractivity (Wildman–Crippen MR) is 79.6 cm³/mol. The minimum Gasteiger partial charge on any atom is -0.481 e. The Labute approximate surface area is 124 Å². The molecule has 3 unspecified atom stereocenters. The molecule has 1 aliphatic carbocycles. The van der Waals surface area contributed by atoms with E-state index in [1.807, 2.05) is 31.2 Å². The molecule has 0 aliphatic heterocycles. The van der Waals surface area contributed by atoms with Crippen molar-refractivity contribution in [3.8, 4) is 0 Å². The van der Waals surface area contributed by atoms with Gasteiger partial charge in [0, 0.05) is 6.04 Å². The summed E-state index contributed by atoms with van der Waals surface area (Å²) in [5.41, 5.74) is 7.85. The highest BCUT2D eigenvalue weighted by Gasteiger charge is 2.29. The molecule has 21 heavy (non-hydrogen) atoms. The Bertz CT molecular complexity index is 513. The van der Waals surface area contributed by atoms with Crippen molar-refractivity contribution in [2.75, 3.05) is 0 Å². The third kappa shape index (κ3) is 4.04. The van der Waals surface area contributed by atoms with Crippen LogP contribution < -0.4 is 11.1 Å². The lowest BCUT2D eigenvalue weighted by Crippen LogP contribution is -2.43. The highest BCUT2D eigenvalue weighted by Crippen LogP contribution is 2.25. The summed E-state index contributed by atoms with van der Waals surface area (Å²) >= 11 is 0. The monoisotopic (exact) mass is 290 g/mol. The maximum absolute atomic E-state index is 12.2. The van der Waals surface area contributed by atoms with E-state index < -0.39 is 12.0 Å². The third-order valence-corrected chi connectivity index (χ3v) is 4.09. The Balaban J connectivity index is 1.94. The lowest BCUT2D eigenvalue weighted by molar-refractivity contribution is -0.143. The predicted octanol–water partition coefficient (Wildman–Crippen LogP) is 1.75. The van der Waals surface area contributed by atoms with Crippen molar-refractivity contribution in [2.24, 2.45) is 11.7 Å². The quantitative estimate of drug-likeness (QED) is 0.787. The lowest BCUT2D eigenvalue weighted by atomic mass is 9.85. The van der Waals surface area contributed by atoms with Gasteiger partial charge in [0.1, 0.15) is 6.04 Å². The fourth-order valence-corrected chi connectivity index (χ4v) is 2.76. The third-order valence-electron chi connectivity index (χ3n) is 4.09. The Kier molecular flexibility index (Phi) is 4.96. The molecule has 114 valence electrons. The number of hydrogen-bond acceptors (Lipinski definition) is 3. The average Bonchev–Trinajstić information content (AvgIpc) is 2.47. The van der Waals surface area contributed by atoms with Crippen LogP contribution in [0.25, 0.3) is 0 Å². The molecule has 0 heterocycles. The second-order valence-corrected chi connectivity index (χ2v) is 5.80. The van der Waals surface area contributed by atoms with Crippen LogP contribution in [0.5, 0.6) is 0 Å². The molecule has 2 rings (SSSR count). The first-order valence-electron chi connectivity index (χ1n) is 7.32. The number of amides is 1. The van der Waals surface area contributed by atoms with Crippen molar-refractivity contribution < 1.29 is 14.7 Å². The van der Waals surface area contributed by atoms with E-state index in [2.05, 4.69) is 5.32 Å². The summed E-state index contributed by atoms with van der Waals surface area (Å²) < 4.78 is 0. The zero-order valence-electron chi connectivity index (χ0n) is 12.2.